The van der Waals surface area contributed by atoms with E-state index < -0.39 is 0 Å². The number of rotatable bonds is 5. The molecule has 142 valence electrons. The van der Waals surface area contributed by atoms with Crippen molar-refractivity contribution in [3.63, 3.8) is 0 Å². The maximum atomic E-state index is 5.71. The molecule has 0 spiro atoms. The van der Waals surface area contributed by atoms with Crippen molar-refractivity contribution >= 4 is 29.5 Å². The number of nitrogens with two attached hydrogens (primary N) is 2. The zero-order valence-electron chi connectivity index (χ0n) is 15.2. The van der Waals surface area contributed by atoms with E-state index in [1.165, 1.54) is 12.8 Å². The second-order valence-electron chi connectivity index (χ2n) is 6.63. The van der Waals surface area contributed by atoms with E-state index in [0.717, 1.165) is 34.6 Å². The summed E-state index contributed by atoms with van der Waals surface area (Å²) in [6.45, 7) is 0.899. The second kappa shape index (κ2) is 8.41. The Morgan fingerprint density at radius 2 is 2.15 bits per heavy atom. The van der Waals surface area contributed by atoms with E-state index in [9.17, 15) is 0 Å². The summed E-state index contributed by atoms with van der Waals surface area (Å²) in [6.07, 6.45) is 6.13. The maximum absolute atomic E-state index is 5.71. The molecule has 8 heteroatoms. The molecule has 0 radical (unpaired) electrons. The number of hydrazone groups is 1. The van der Waals surface area contributed by atoms with Gasteiger partial charge in [0.25, 0.3) is 0 Å². The number of hydrogen-bond acceptors (Lipinski definition) is 6. The number of ether oxygens (including phenoxy) is 1. The monoisotopic (exact) mass is 384 g/mol. The minimum atomic E-state index is 0.284. The lowest BCUT2D eigenvalue weighted by molar-refractivity contribution is 0.152. The van der Waals surface area contributed by atoms with Gasteiger partial charge in [0.15, 0.2) is 5.65 Å². The van der Waals surface area contributed by atoms with Gasteiger partial charge >= 0.3 is 0 Å². The highest BCUT2D eigenvalue weighted by Crippen LogP contribution is 2.46. The first kappa shape index (κ1) is 19.2. The molecule has 0 aliphatic heterocycles. The molecule has 1 saturated carbocycles. The lowest BCUT2D eigenvalue weighted by Gasteiger charge is -2.07. The number of pyridine rings is 1. The van der Waals surface area contributed by atoms with Crippen LogP contribution in [0.5, 0.6) is 0 Å². The molecule has 3 aromatic rings. The summed E-state index contributed by atoms with van der Waals surface area (Å²) in [5, 5.41) is 8.81. The SMILES string of the molecule is COCC1(CS)CC1.N/N=C(\N)c1cccc(-n2ncc3cccnc32)c1. The normalized spacial score (nSPS) is 15.3. The molecule has 1 fully saturated rings. The number of amidine groups is 1. The third-order valence-corrected chi connectivity index (χ3v) is 5.27. The Balaban J connectivity index is 0.000000221. The van der Waals surface area contributed by atoms with Gasteiger partial charge in [-0.05, 0) is 42.9 Å². The van der Waals surface area contributed by atoms with Crippen molar-refractivity contribution in [1.29, 1.82) is 0 Å². The first-order chi connectivity index (χ1) is 13.1. The average molecular weight is 385 g/mol. The highest BCUT2D eigenvalue weighted by atomic mass is 32.1. The molecular weight excluding hydrogens is 360 g/mol. The minimum absolute atomic E-state index is 0.284. The van der Waals surface area contributed by atoms with Gasteiger partial charge in [-0.2, -0.15) is 22.8 Å². The smallest absolute Gasteiger partial charge is 0.162 e. The van der Waals surface area contributed by atoms with Crippen molar-refractivity contribution in [1.82, 2.24) is 14.8 Å². The number of hydrogen-bond donors (Lipinski definition) is 3. The van der Waals surface area contributed by atoms with Crippen molar-refractivity contribution in [3.05, 3.63) is 54.4 Å². The highest BCUT2D eigenvalue weighted by Gasteiger charge is 2.40. The van der Waals surface area contributed by atoms with E-state index in [-0.39, 0.29) is 5.84 Å². The van der Waals surface area contributed by atoms with Gasteiger partial charge in [-0.15, -0.1) is 0 Å². The molecular formula is C19H24N6OS. The molecule has 0 saturated heterocycles. The number of benzene rings is 1. The van der Waals surface area contributed by atoms with Gasteiger partial charge in [0.2, 0.25) is 0 Å². The van der Waals surface area contributed by atoms with Crippen LogP contribution in [0.15, 0.2) is 53.9 Å². The van der Waals surface area contributed by atoms with Gasteiger partial charge in [-0.3, -0.25) is 0 Å². The lowest BCUT2D eigenvalue weighted by atomic mass is 10.2. The van der Waals surface area contributed by atoms with Crippen molar-refractivity contribution in [2.24, 2.45) is 22.1 Å². The lowest BCUT2D eigenvalue weighted by Crippen LogP contribution is -2.15. The second-order valence-corrected chi connectivity index (χ2v) is 6.94. The fraction of sp³-hybridized carbons (Fsp3) is 0.316. The summed E-state index contributed by atoms with van der Waals surface area (Å²) in [5.41, 5.74) is 8.60. The van der Waals surface area contributed by atoms with Gasteiger partial charge in [-0.1, -0.05) is 12.1 Å². The van der Waals surface area contributed by atoms with Gasteiger partial charge in [-0.25, -0.2) is 9.67 Å². The number of fused-ring (bicyclic) bond motifs is 1. The van der Waals surface area contributed by atoms with E-state index in [0.29, 0.717) is 5.41 Å². The third-order valence-electron chi connectivity index (χ3n) is 4.60. The molecule has 7 nitrogen and oxygen atoms in total. The van der Waals surface area contributed by atoms with Crippen LogP contribution in [-0.2, 0) is 4.74 Å². The van der Waals surface area contributed by atoms with Crippen LogP contribution in [0, 0.1) is 5.41 Å². The van der Waals surface area contributed by atoms with Crippen LogP contribution in [0.25, 0.3) is 16.7 Å². The van der Waals surface area contributed by atoms with Crippen LogP contribution in [-0.4, -0.2) is 40.1 Å². The number of methoxy groups -OCH3 is 1. The van der Waals surface area contributed by atoms with Gasteiger partial charge in [0.05, 0.1) is 18.5 Å². The first-order valence-electron chi connectivity index (χ1n) is 8.65. The summed E-state index contributed by atoms with van der Waals surface area (Å²) in [5.74, 6) is 6.46. The Morgan fingerprint density at radius 1 is 1.33 bits per heavy atom. The standard InChI is InChI=1S/C13H12N6.C6H12OS/c14-12(18-15)9-3-1-5-11(7-9)19-13-10(8-17-19)4-2-6-16-13;1-7-4-6(5-8)2-3-6/h1-8H,15H2,(H2,14,18);8H,2-5H2,1H3. The molecule has 0 atom stereocenters. The predicted molar refractivity (Wildman–Crippen MR) is 111 cm³/mol. The zero-order chi connectivity index (χ0) is 19.3. The molecule has 0 unspecified atom stereocenters. The Bertz CT molecular complexity index is 935. The van der Waals surface area contributed by atoms with Crippen molar-refractivity contribution < 1.29 is 4.74 Å². The van der Waals surface area contributed by atoms with E-state index in [4.69, 9.17) is 16.3 Å². The number of thiol groups is 1. The Kier molecular flexibility index (Phi) is 5.98. The van der Waals surface area contributed by atoms with Crippen molar-refractivity contribution in [2.45, 2.75) is 12.8 Å². The quantitative estimate of drug-likeness (QED) is 0.206. The van der Waals surface area contributed by atoms with E-state index in [2.05, 4.69) is 27.8 Å². The van der Waals surface area contributed by atoms with Crippen molar-refractivity contribution in [2.75, 3.05) is 19.5 Å². The minimum Gasteiger partial charge on any atom is -0.384 e. The fourth-order valence-corrected chi connectivity index (χ4v) is 3.16. The Morgan fingerprint density at radius 3 is 2.78 bits per heavy atom. The molecule has 0 bridgehead atoms. The average Bonchev–Trinajstić information content (AvgIpc) is 3.36. The molecule has 1 aliphatic carbocycles. The van der Waals surface area contributed by atoms with Crippen LogP contribution in [0.2, 0.25) is 0 Å². The Labute approximate surface area is 163 Å². The number of aromatic nitrogens is 3. The third kappa shape index (κ3) is 4.40. The largest absolute Gasteiger partial charge is 0.384 e. The number of nitrogens with zero attached hydrogens (tertiary/aromatic N) is 4. The zero-order valence-corrected chi connectivity index (χ0v) is 16.1. The molecule has 2 heterocycles. The molecule has 4 rings (SSSR count). The van der Waals surface area contributed by atoms with Crippen LogP contribution in [0.4, 0.5) is 0 Å². The molecule has 27 heavy (non-hydrogen) atoms. The van der Waals surface area contributed by atoms with E-state index >= 15 is 0 Å². The molecule has 2 aromatic heterocycles. The van der Waals surface area contributed by atoms with Crippen LogP contribution >= 0.6 is 12.6 Å². The molecule has 1 aromatic carbocycles. The summed E-state index contributed by atoms with van der Waals surface area (Å²) in [6, 6.07) is 11.4. The fourth-order valence-electron chi connectivity index (χ4n) is 2.75. The summed E-state index contributed by atoms with van der Waals surface area (Å²) in [7, 11) is 1.75. The summed E-state index contributed by atoms with van der Waals surface area (Å²) in [4.78, 5) is 4.33. The molecule has 1 aliphatic rings. The van der Waals surface area contributed by atoms with Crippen LogP contribution in [0.3, 0.4) is 0 Å². The Hall–Kier alpha value is -2.58. The van der Waals surface area contributed by atoms with Gasteiger partial charge < -0.3 is 16.3 Å². The molecule has 0 amide bonds. The van der Waals surface area contributed by atoms with Gasteiger partial charge in [0.1, 0.15) is 5.84 Å². The maximum Gasteiger partial charge on any atom is 0.162 e. The first-order valence-corrected chi connectivity index (χ1v) is 9.28. The van der Waals surface area contributed by atoms with Crippen molar-refractivity contribution in [3.8, 4) is 5.69 Å². The van der Waals surface area contributed by atoms with E-state index in [1.807, 2.05) is 36.4 Å². The van der Waals surface area contributed by atoms with Gasteiger partial charge in [0, 0.05) is 29.7 Å². The van der Waals surface area contributed by atoms with E-state index in [1.54, 1.807) is 24.2 Å². The van der Waals surface area contributed by atoms with Crippen LogP contribution in [0.1, 0.15) is 18.4 Å². The highest BCUT2D eigenvalue weighted by molar-refractivity contribution is 7.80. The molecule has 4 N–H and O–H groups in total. The topological polar surface area (TPSA) is 104 Å². The van der Waals surface area contributed by atoms with Crippen LogP contribution < -0.4 is 11.6 Å². The summed E-state index contributed by atoms with van der Waals surface area (Å²) < 4.78 is 6.76. The summed E-state index contributed by atoms with van der Waals surface area (Å²) >= 11 is 4.22. The predicted octanol–water partition coefficient (Wildman–Crippen LogP) is 2.34.